The number of halogens is 5. The Morgan fingerprint density at radius 1 is 1.00 bits per heavy atom. The van der Waals surface area contributed by atoms with Crippen molar-refractivity contribution in [3.8, 4) is 22.9 Å². The summed E-state index contributed by atoms with van der Waals surface area (Å²) in [5, 5.41) is 26.6. The molecular weight excluding hydrogens is 651 g/mol. The Morgan fingerprint density at radius 2 is 1.73 bits per heavy atom. The van der Waals surface area contributed by atoms with Crippen molar-refractivity contribution < 1.29 is 36.7 Å². The number of phenols is 1. The van der Waals surface area contributed by atoms with Crippen LogP contribution in [0, 0.1) is 33.0 Å². The lowest BCUT2D eigenvalue weighted by Crippen LogP contribution is -2.51. The molecule has 1 spiro atoms. The van der Waals surface area contributed by atoms with Crippen molar-refractivity contribution in [1.29, 1.82) is 0 Å². The fraction of sp³-hybridized carbons (Fsp3) is 0.471. The van der Waals surface area contributed by atoms with Gasteiger partial charge in [0.15, 0.2) is 17.5 Å². The lowest BCUT2D eigenvalue weighted by molar-refractivity contribution is -0.384. The van der Waals surface area contributed by atoms with Crippen LogP contribution in [0.2, 0.25) is 0 Å². The number of benzene rings is 3. The number of hydrogen-bond acceptors (Lipinski definition) is 9. The van der Waals surface area contributed by atoms with E-state index in [1.165, 1.54) is 0 Å². The maximum Gasteiger partial charge on any atom is 0.319 e. The largest absolute Gasteiger partial charge is 0.507 e. The zero-order valence-corrected chi connectivity index (χ0v) is 26.1. The molecule has 10 nitrogen and oxygen atoms in total. The van der Waals surface area contributed by atoms with Crippen LogP contribution in [0.15, 0.2) is 30.3 Å². The molecule has 15 heteroatoms. The first kappa shape index (κ1) is 30.7. The van der Waals surface area contributed by atoms with Crippen LogP contribution in [0.3, 0.4) is 0 Å². The number of aromatic hydroxyl groups is 1. The maximum atomic E-state index is 17.1. The molecule has 4 atom stereocenters. The van der Waals surface area contributed by atoms with E-state index < -0.39 is 61.8 Å². The number of piperazine rings is 1. The van der Waals surface area contributed by atoms with Crippen molar-refractivity contribution in [2.45, 2.75) is 62.1 Å². The molecule has 4 saturated heterocycles. The number of ether oxygens (including phenoxy) is 1. The standard InChI is InChI=1S/C34H31F5N6O4/c35-22-6-4-19-20(27(22)36)5-7-24(46)25(19)26-23(45(47)48)10-21-29(28(26)37)41-31(42-30(21)43-11-17-2-3-18(12-43)40-17)49-16-33-8-1-9-44(33)15-32(13-33)14-34(32,38)39/h4-7,10,17-18,40,46H,1-3,8-9,11-16H2/t17-,18+,32-,33-/m1/s1. The van der Waals surface area contributed by atoms with Crippen molar-refractivity contribution in [2.24, 2.45) is 5.41 Å². The summed E-state index contributed by atoms with van der Waals surface area (Å²) in [6.07, 6.45) is 3.39. The van der Waals surface area contributed by atoms with Gasteiger partial charge in [0.2, 0.25) is 0 Å². The molecular formula is C34H31F5N6O4. The monoisotopic (exact) mass is 682 g/mol. The predicted molar refractivity (Wildman–Crippen MR) is 168 cm³/mol. The van der Waals surface area contributed by atoms with Gasteiger partial charge in [0, 0.05) is 55.2 Å². The van der Waals surface area contributed by atoms with Gasteiger partial charge < -0.3 is 20.1 Å². The first-order valence-corrected chi connectivity index (χ1v) is 16.4. The molecule has 0 amide bonds. The molecule has 49 heavy (non-hydrogen) atoms. The number of nitrogens with one attached hydrogen (secondary N) is 1. The Kier molecular flexibility index (Phi) is 6.46. The molecule has 2 N–H and O–H groups in total. The summed E-state index contributed by atoms with van der Waals surface area (Å²) in [6.45, 7) is 1.92. The minimum absolute atomic E-state index is 0.00100. The normalized spacial score (nSPS) is 28.6. The van der Waals surface area contributed by atoms with E-state index in [1.54, 1.807) is 0 Å². The average Bonchev–Trinajstić information content (AvgIpc) is 3.39. The molecule has 0 radical (unpaired) electrons. The fourth-order valence-corrected chi connectivity index (χ4v) is 9.08. The molecule has 5 aliphatic rings. The molecule has 1 aromatic heterocycles. The minimum Gasteiger partial charge on any atom is -0.507 e. The van der Waals surface area contributed by atoms with Gasteiger partial charge >= 0.3 is 6.01 Å². The Morgan fingerprint density at radius 3 is 2.45 bits per heavy atom. The molecule has 2 bridgehead atoms. The molecule has 256 valence electrons. The number of fused-ring (bicyclic) bond motifs is 5. The Bertz CT molecular complexity index is 2090. The first-order valence-electron chi connectivity index (χ1n) is 16.4. The van der Waals surface area contributed by atoms with Crippen molar-refractivity contribution in [1.82, 2.24) is 20.2 Å². The predicted octanol–water partition coefficient (Wildman–Crippen LogP) is 6.06. The van der Waals surface area contributed by atoms with E-state index in [0.717, 1.165) is 49.6 Å². The van der Waals surface area contributed by atoms with Gasteiger partial charge in [-0.15, -0.1) is 0 Å². The number of aromatic nitrogens is 2. The van der Waals surface area contributed by atoms with Gasteiger partial charge in [0.25, 0.3) is 11.6 Å². The van der Waals surface area contributed by atoms with E-state index >= 15 is 4.39 Å². The Balaban J connectivity index is 1.21. The van der Waals surface area contributed by atoms with Gasteiger partial charge in [-0.25, -0.2) is 22.0 Å². The molecule has 9 rings (SSSR count). The maximum absolute atomic E-state index is 17.1. The minimum atomic E-state index is -2.73. The van der Waals surface area contributed by atoms with Crippen LogP contribution >= 0.6 is 0 Å². The van der Waals surface area contributed by atoms with Crippen LogP contribution in [-0.4, -0.2) is 81.2 Å². The summed E-state index contributed by atoms with van der Waals surface area (Å²) in [7, 11) is 0. The number of alkyl halides is 2. The van der Waals surface area contributed by atoms with Crippen LogP contribution in [0.5, 0.6) is 11.8 Å². The SMILES string of the molecule is O=[N+]([O-])c1cc2c(N3C[C@H]4CC[C@@H](C3)N4)nc(OC[C@]34CCCN3C[C@]3(CC3(F)F)C4)nc2c(F)c1-c1c(O)ccc2c(F)c(F)ccc12. The van der Waals surface area contributed by atoms with Crippen LogP contribution in [0.1, 0.15) is 38.5 Å². The lowest BCUT2D eigenvalue weighted by Gasteiger charge is -2.34. The summed E-state index contributed by atoms with van der Waals surface area (Å²) >= 11 is 0. The number of nitro benzene ring substituents is 1. The highest BCUT2D eigenvalue weighted by Gasteiger charge is 2.77. The smallest absolute Gasteiger partial charge is 0.319 e. The van der Waals surface area contributed by atoms with E-state index in [1.807, 2.05) is 4.90 Å². The molecule has 5 fully saturated rings. The zero-order valence-electron chi connectivity index (χ0n) is 26.1. The van der Waals surface area contributed by atoms with Crippen LogP contribution in [0.25, 0.3) is 32.8 Å². The van der Waals surface area contributed by atoms with Crippen LogP contribution < -0.4 is 15.0 Å². The van der Waals surface area contributed by atoms with Gasteiger partial charge in [0.1, 0.15) is 29.3 Å². The summed E-state index contributed by atoms with van der Waals surface area (Å²) in [5.41, 5.74) is -3.84. The Labute approximate surface area is 276 Å². The van der Waals surface area contributed by atoms with Gasteiger partial charge in [-0.2, -0.15) is 9.97 Å². The molecule has 5 heterocycles. The van der Waals surface area contributed by atoms with Crippen molar-refractivity contribution >= 4 is 33.2 Å². The highest BCUT2D eigenvalue weighted by atomic mass is 19.3. The topological polar surface area (TPSA) is 117 Å². The van der Waals surface area contributed by atoms with E-state index in [-0.39, 0.29) is 71.6 Å². The third-order valence-electron chi connectivity index (χ3n) is 11.5. The molecule has 0 unspecified atom stereocenters. The molecule has 1 aliphatic carbocycles. The number of nitrogens with zero attached hydrogens (tertiary/aromatic N) is 5. The number of hydrogen-bond donors (Lipinski definition) is 2. The van der Waals surface area contributed by atoms with E-state index in [0.29, 0.717) is 26.1 Å². The summed E-state index contributed by atoms with van der Waals surface area (Å²) in [5.74, 6) is -6.71. The van der Waals surface area contributed by atoms with Crippen LogP contribution in [-0.2, 0) is 0 Å². The van der Waals surface area contributed by atoms with Crippen LogP contribution in [0.4, 0.5) is 33.5 Å². The number of anilines is 1. The van der Waals surface area contributed by atoms with Gasteiger partial charge in [-0.05, 0) is 62.2 Å². The zero-order chi connectivity index (χ0) is 34.0. The molecule has 4 aromatic rings. The van der Waals surface area contributed by atoms with Gasteiger partial charge in [-0.1, -0.05) is 6.07 Å². The summed E-state index contributed by atoms with van der Waals surface area (Å²) in [6, 6.07) is 5.22. The van der Waals surface area contributed by atoms with Crippen molar-refractivity contribution in [3.63, 3.8) is 0 Å². The highest BCUT2D eigenvalue weighted by Crippen LogP contribution is 2.69. The number of rotatable bonds is 6. The van der Waals surface area contributed by atoms with Gasteiger partial charge in [0.05, 0.1) is 21.3 Å². The number of phenolic OH excluding ortho intramolecular Hbond substituents is 1. The third-order valence-corrected chi connectivity index (χ3v) is 11.5. The van der Waals surface area contributed by atoms with Crippen molar-refractivity contribution in [3.05, 3.63) is 57.9 Å². The summed E-state index contributed by atoms with van der Waals surface area (Å²) < 4.78 is 81.2. The summed E-state index contributed by atoms with van der Waals surface area (Å²) in [4.78, 5) is 24.8. The fourth-order valence-electron chi connectivity index (χ4n) is 9.08. The highest BCUT2D eigenvalue weighted by molar-refractivity contribution is 6.06. The molecule has 3 aromatic carbocycles. The quantitative estimate of drug-likeness (QED) is 0.142. The second-order valence-corrected chi connectivity index (χ2v) is 14.4. The van der Waals surface area contributed by atoms with Crippen molar-refractivity contribution in [2.75, 3.05) is 37.7 Å². The van der Waals surface area contributed by atoms with E-state index in [2.05, 4.69) is 20.2 Å². The lowest BCUT2D eigenvalue weighted by atomic mass is 9.89. The van der Waals surface area contributed by atoms with E-state index in [4.69, 9.17) is 4.74 Å². The number of nitro groups is 1. The molecule has 1 saturated carbocycles. The third kappa shape index (κ3) is 4.50. The molecule has 4 aliphatic heterocycles. The second kappa shape index (κ2) is 10.3. The second-order valence-electron chi connectivity index (χ2n) is 14.4. The van der Waals surface area contributed by atoms with E-state index in [9.17, 15) is 32.8 Å². The van der Waals surface area contributed by atoms with Gasteiger partial charge in [-0.3, -0.25) is 15.0 Å². The first-order chi connectivity index (χ1) is 23.4. The average molecular weight is 683 g/mol. The Hall–Kier alpha value is -4.37.